The van der Waals surface area contributed by atoms with Gasteiger partial charge in [-0.15, -0.1) is 0 Å². The summed E-state index contributed by atoms with van der Waals surface area (Å²) in [6, 6.07) is 5.38. The van der Waals surface area contributed by atoms with E-state index >= 15 is 0 Å². The Bertz CT molecular complexity index is 435. The van der Waals surface area contributed by atoms with Gasteiger partial charge in [-0.2, -0.15) is 13.2 Å². The molecular formula is C14H20BrF3N2. The zero-order chi connectivity index (χ0) is 15.3. The molecule has 1 atom stereocenters. The molecule has 0 bridgehead atoms. The lowest BCUT2D eigenvalue weighted by Gasteiger charge is -2.29. The largest absolute Gasteiger partial charge is 0.405 e. The minimum Gasteiger partial charge on any atom is -0.363 e. The van der Waals surface area contributed by atoms with Gasteiger partial charge in [-0.3, -0.25) is 0 Å². The maximum Gasteiger partial charge on any atom is 0.405 e. The Labute approximate surface area is 126 Å². The summed E-state index contributed by atoms with van der Waals surface area (Å²) >= 11 is 3.38. The third-order valence-corrected chi connectivity index (χ3v) is 3.55. The van der Waals surface area contributed by atoms with Gasteiger partial charge in [0.15, 0.2) is 0 Å². The SMILES string of the molecule is CCNC(C)c1cc(Br)ccc1N(CC)CC(F)(F)F. The van der Waals surface area contributed by atoms with Gasteiger partial charge in [0, 0.05) is 22.7 Å². The maximum atomic E-state index is 12.7. The average Bonchev–Trinajstić information content (AvgIpc) is 2.35. The van der Waals surface area contributed by atoms with Crippen LogP contribution in [0.4, 0.5) is 18.9 Å². The van der Waals surface area contributed by atoms with Crippen molar-refractivity contribution in [1.82, 2.24) is 5.32 Å². The molecule has 6 heteroatoms. The third-order valence-electron chi connectivity index (χ3n) is 3.06. The molecule has 0 radical (unpaired) electrons. The van der Waals surface area contributed by atoms with E-state index in [1.807, 2.05) is 19.9 Å². The Morgan fingerprint density at radius 3 is 2.45 bits per heavy atom. The lowest BCUT2D eigenvalue weighted by molar-refractivity contribution is -0.119. The summed E-state index contributed by atoms with van der Waals surface area (Å²) in [5.41, 5.74) is 1.49. The van der Waals surface area contributed by atoms with Gasteiger partial charge < -0.3 is 10.2 Å². The van der Waals surface area contributed by atoms with Crippen LogP contribution in [0, 0.1) is 0 Å². The van der Waals surface area contributed by atoms with Crippen molar-refractivity contribution in [3.8, 4) is 0 Å². The monoisotopic (exact) mass is 352 g/mol. The summed E-state index contributed by atoms with van der Waals surface area (Å²) < 4.78 is 38.9. The number of hydrogen-bond acceptors (Lipinski definition) is 2. The summed E-state index contributed by atoms with van der Waals surface area (Å²) in [5.74, 6) is 0. The predicted molar refractivity (Wildman–Crippen MR) is 80.2 cm³/mol. The minimum absolute atomic E-state index is 0.00483. The van der Waals surface area contributed by atoms with Crippen LogP contribution in [-0.4, -0.2) is 25.8 Å². The molecule has 1 unspecified atom stereocenters. The molecule has 1 rings (SSSR count). The summed E-state index contributed by atoms with van der Waals surface area (Å²) in [5, 5.41) is 3.24. The lowest BCUT2D eigenvalue weighted by Crippen LogP contribution is -2.35. The van der Waals surface area contributed by atoms with Gasteiger partial charge in [-0.1, -0.05) is 22.9 Å². The van der Waals surface area contributed by atoms with Crippen molar-refractivity contribution >= 4 is 21.6 Å². The number of anilines is 1. The molecule has 1 N–H and O–H groups in total. The molecule has 0 amide bonds. The maximum absolute atomic E-state index is 12.7. The van der Waals surface area contributed by atoms with Crippen LogP contribution in [0.25, 0.3) is 0 Å². The molecule has 0 spiro atoms. The fourth-order valence-corrected chi connectivity index (χ4v) is 2.54. The second-order valence-electron chi connectivity index (χ2n) is 4.61. The van der Waals surface area contributed by atoms with E-state index in [-0.39, 0.29) is 6.04 Å². The standard InChI is InChI=1S/C14H20BrF3N2/c1-4-19-10(3)12-8-11(15)6-7-13(12)20(5-2)9-14(16,17)18/h6-8,10,19H,4-5,9H2,1-3H3. The molecule has 0 fully saturated rings. The van der Waals surface area contributed by atoms with Crippen molar-refractivity contribution in [3.05, 3.63) is 28.2 Å². The van der Waals surface area contributed by atoms with Crippen molar-refractivity contribution < 1.29 is 13.2 Å². The number of halogens is 4. The van der Waals surface area contributed by atoms with Crippen LogP contribution in [0.5, 0.6) is 0 Å². The summed E-state index contributed by atoms with van der Waals surface area (Å²) in [6.45, 7) is 5.80. The molecule has 1 aromatic rings. The number of alkyl halides is 3. The number of nitrogens with one attached hydrogen (secondary N) is 1. The number of rotatable bonds is 6. The molecule has 2 nitrogen and oxygen atoms in total. The molecular weight excluding hydrogens is 333 g/mol. The van der Waals surface area contributed by atoms with Crippen molar-refractivity contribution in [2.24, 2.45) is 0 Å². The average molecular weight is 353 g/mol. The third kappa shape index (κ3) is 4.98. The Balaban J connectivity index is 3.14. The normalized spacial score (nSPS) is 13.3. The van der Waals surface area contributed by atoms with E-state index in [2.05, 4.69) is 21.2 Å². The van der Waals surface area contributed by atoms with Crippen molar-refractivity contribution in [2.75, 3.05) is 24.5 Å². The van der Waals surface area contributed by atoms with Crippen molar-refractivity contribution in [3.63, 3.8) is 0 Å². The smallest absolute Gasteiger partial charge is 0.363 e. The second kappa shape index (κ2) is 7.31. The van der Waals surface area contributed by atoms with E-state index in [9.17, 15) is 13.2 Å². The molecule has 114 valence electrons. The number of benzene rings is 1. The quantitative estimate of drug-likeness (QED) is 0.810. The van der Waals surface area contributed by atoms with E-state index in [4.69, 9.17) is 0 Å². The molecule has 0 heterocycles. The highest BCUT2D eigenvalue weighted by atomic mass is 79.9. The highest BCUT2D eigenvalue weighted by molar-refractivity contribution is 9.10. The van der Waals surface area contributed by atoms with Gasteiger partial charge in [0.05, 0.1) is 0 Å². The minimum atomic E-state index is -4.21. The molecule has 20 heavy (non-hydrogen) atoms. The molecule has 0 saturated carbocycles. The summed E-state index contributed by atoms with van der Waals surface area (Å²) in [4.78, 5) is 1.36. The topological polar surface area (TPSA) is 15.3 Å². The fourth-order valence-electron chi connectivity index (χ4n) is 2.16. The molecule has 0 aromatic heterocycles. The van der Waals surface area contributed by atoms with Gasteiger partial charge in [0.1, 0.15) is 6.54 Å². The zero-order valence-corrected chi connectivity index (χ0v) is 13.5. The Hall–Kier alpha value is -0.750. The van der Waals surface area contributed by atoms with Crippen LogP contribution in [0.3, 0.4) is 0 Å². The van der Waals surface area contributed by atoms with E-state index in [0.717, 1.165) is 16.6 Å². The van der Waals surface area contributed by atoms with Crippen molar-refractivity contribution in [1.29, 1.82) is 0 Å². The van der Waals surface area contributed by atoms with E-state index < -0.39 is 12.7 Å². The molecule has 1 aromatic carbocycles. The zero-order valence-electron chi connectivity index (χ0n) is 11.9. The Kier molecular flexibility index (Phi) is 6.33. The summed E-state index contributed by atoms with van der Waals surface area (Å²) in [7, 11) is 0. The Morgan fingerprint density at radius 2 is 1.95 bits per heavy atom. The first-order chi connectivity index (χ1) is 9.28. The van der Waals surface area contributed by atoms with Gasteiger partial charge >= 0.3 is 6.18 Å². The summed E-state index contributed by atoms with van der Waals surface area (Å²) in [6.07, 6.45) is -4.21. The number of hydrogen-bond donors (Lipinski definition) is 1. The molecule has 0 saturated heterocycles. The van der Waals surface area contributed by atoms with Gasteiger partial charge in [0.2, 0.25) is 0 Å². The first-order valence-corrected chi connectivity index (χ1v) is 7.42. The highest BCUT2D eigenvalue weighted by Gasteiger charge is 2.31. The lowest BCUT2D eigenvalue weighted by atomic mass is 10.0. The predicted octanol–water partition coefficient (Wildman–Crippen LogP) is 4.51. The van der Waals surface area contributed by atoms with Gasteiger partial charge in [-0.25, -0.2) is 0 Å². The molecule has 0 aliphatic heterocycles. The van der Waals surface area contributed by atoms with E-state index in [1.54, 1.807) is 19.1 Å². The van der Waals surface area contributed by atoms with Gasteiger partial charge in [-0.05, 0) is 44.2 Å². The van der Waals surface area contributed by atoms with Crippen LogP contribution in [0.15, 0.2) is 22.7 Å². The van der Waals surface area contributed by atoms with E-state index in [0.29, 0.717) is 12.2 Å². The van der Waals surface area contributed by atoms with Crippen molar-refractivity contribution in [2.45, 2.75) is 33.0 Å². The van der Waals surface area contributed by atoms with Gasteiger partial charge in [0.25, 0.3) is 0 Å². The second-order valence-corrected chi connectivity index (χ2v) is 5.53. The molecule has 0 aliphatic rings. The van der Waals surface area contributed by atoms with Crippen LogP contribution in [0.1, 0.15) is 32.4 Å². The molecule has 0 aliphatic carbocycles. The first-order valence-electron chi connectivity index (χ1n) is 6.63. The van der Waals surface area contributed by atoms with Crippen LogP contribution in [-0.2, 0) is 0 Å². The van der Waals surface area contributed by atoms with Crippen LogP contribution < -0.4 is 10.2 Å². The first kappa shape index (κ1) is 17.3. The van der Waals surface area contributed by atoms with Crippen LogP contribution in [0.2, 0.25) is 0 Å². The number of nitrogens with zero attached hydrogens (tertiary/aromatic N) is 1. The highest BCUT2D eigenvalue weighted by Crippen LogP contribution is 2.31. The van der Waals surface area contributed by atoms with E-state index in [1.165, 1.54) is 4.90 Å². The Morgan fingerprint density at radius 1 is 1.30 bits per heavy atom. The fraction of sp³-hybridized carbons (Fsp3) is 0.571. The van der Waals surface area contributed by atoms with Crippen LogP contribution >= 0.6 is 15.9 Å².